The second kappa shape index (κ2) is 6.89. The first-order valence-corrected chi connectivity index (χ1v) is 8.40. The highest BCUT2D eigenvalue weighted by atomic mass is 16.2. The van der Waals surface area contributed by atoms with E-state index in [9.17, 15) is 14.4 Å². The summed E-state index contributed by atoms with van der Waals surface area (Å²) in [5.41, 5.74) is 1.98. The van der Waals surface area contributed by atoms with E-state index in [1.54, 1.807) is 23.1 Å². The number of hydrogen-bond donors (Lipinski definition) is 0. The van der Waals surface area contributed by atoms with Crippen molar-refractivity contribution in [3.05, 3.63) is 70.8 Å². The van der Waals surface area contributed by atoms with Gasteiger partial charge in [0.15, 0.2) is 0 Å². The van der Waals surface area contributed by atoms with Crippen molar-refractivity contribution in [2.45, 2.75) is 20.4 Å². The van der Waals surface area contributed by atoms with E-state index < -0.39 is 0 Å². The first kappa shape index (κ1) is 16.9. The molecule has 0 unspecified atom stereocenters. The number of benzene rings is 2. The van der Waals surface area contributed by atoms with Crippen LogP contribution in [0.2, 0.25) is 0 Å². The molecule has 0 aliphatic carbocycles. The van der Waals surface area contributed by atoms with Crippen molar-refractivity contribution < 1.29 is 14.4 Å². The van der Waals surface area contributed by atoms with Gasteiger partial charge in [-0.1, -0.05) is 30.3 Å². The number of fused-ring (bicyclic) bond motifs is 1. The van der Waals surface area contributed by atoms with Crippen molar-refractivity contribution in [3.63, 3.8) is 0 Å². The maximum absolute atomic E-state index is 12.7. The van der Waals surface area contributed by atoms with Gasteiger partial charge in [-0.2, -0.15) is 0 Å². The predicted molar refractivity (Wildman–Crippen MR) is 94.3 cm³/mol. The van der Waals surface area contributed by atoms with E-state index in [1.165, 1.54) is 4.90 Å². The van der Waals surface area contributed by atoms with Crippen LogP contribution in [0.3, 0.4) is 0 Å². The summed E-state index contributed by atoms with van der Waals surface area (Å²) < 4.78 is 0. The van der Waals surface area contributed by atoms with Crippen LogP contribution < -0.4 is 0 Å². The van der Waals surface area contributed by atoms with E-state index in [4.69, 9.17) is 0 Å². The first-order valence-electron chi connectivity index (χ1n) is 8.40. The molecule has 2 aromatic carbocycles. The van der Waals surface area contributed by atoms with Gasteiger partial charge in [0, 0.05) is 18.7 Å². The Kier molecular flexibility index (Phi) is 4.65. The van der Waals surface area contributed by atoms with E-state index >= 15 is 0 Å². The molecule has 1 aliphatic rings. The van der Waals surface area contributed by atoms with Crippen LogP contribution in [0.15, 0.2) is 48.5 Å². The van der Waals surface area contributed by atoms with Gasteiger partial charge in [0.05, 0.1) is 17.7 Å². The van der Waals surface area contributed by atoms with Gasteiger partial charge in [-0.25, -0.2) is 0 Å². The largest absolute Gasteiger partial charge is 0.339 e. The number of nitrogens with zero attached hydrogens (tertiary/aromatic N) is 2. The smallest absolute Gasteiger partial charge is 0.261 e. The van der Waals surface area contributed by atoms with E-state index in [-0.39, 0.29) is 24.3 Å². The standard InChI is InChI=1S/C20H20N2O3/c1-3-21(4-2)18(23)15-10-11-16-17(12-15)20(25)22(19(16)24)13-14-8-6-5-7-9-14/h5-12H,3-4,13H2,1-2H3. The van der Waals surface area contributed by atoms with Crippen LogP contribution in [0, 0.1) is 0 Å². The lowest BCUT2D eigenvalue weighted by Crippen LogP contribution is -2.30. The second-order valence-corrected chi connectivity index (χ2v) is 5.92. The van der Waals surface area contributed by atoms with E-state index in [2.05, 4.69) is 0 Å². The number of imide groups is 1. The van der Waals surface area contributed by atoms with Crippen LogP contribution in [0.4, 0.5) is 0 Å². The fourth-order valence-corrected chi connectivity index (χ4v) is 3.03. The molecule has 1 heterocycles. The monoisotopic (exact) mass is 336 g/mol. The molecule has 0 spiro atoms. The van der Waals surface area contributed by atoms with Crippen LogP contribution in [-0.2, 0) is 6.54 Å². The van der Waals surface area contributed by atoms with Gasteiger partial charge in [-0.3, -0.25) is 19.3 Å². The van der Waals surface area contributed by atoms with Crippen LogP contribution in [0.1, 0.15) is 50.5 Å². The number of amides is 3. The van der Waals surface area contributed by atoms with Crippen LogP contribution in [-0.4, -0.2) is 40.6 Å². The molecule has 0 bridgehead atoms. The Bertz CT molecular complexity index is 826. The van der Waals surface area contributed by atoms with Gasteiger partial charge < -0.3 is 4.90 Å². The number of hydrogen-bond acceptors (Lipinski definition) is 3. The third-order valence-electron chi connectivity index (χ3n) is 4.45. The van der Waals surface area contributed by atoms with E-state index in [0.717, 1.165) is 5.56 Å². The van der Waals surface area contributed by atoms with Gasteiger partial charge in [0.25, 0.3) is 17.7 Å². The molecule has 3 rings (SSSR count). The van der Waals surface area contributed by atoms with Gasteiger partial charge >= 0.3 is 0 Å². The van der Waals surface area contributed by atoms with Crippen molar-refractivity contribution >= 4 is 17.7 Å². The molecule has 5 nitrogen and oxygen atoms in total. The minimum Gasteiger partial charge on any atom is -0.339 e. The fraction of sp³-hybridized carbons (Fsp3) is 0.250. The van der Waals surface area contributed by atoms with Crippen LogP contribution in [0.5, 0.6) is 0 Å². The average molecular weight is 336 g/mol. The molecule has 2 aromatic rings. The van der Waals surface area contributed by atoms with Crippen molar-refractivity contribution in [1.82, 2.24) is 9.80 Å². The summed E-state index contributed by atoms with van der Waals surface area (Å²) in [6.07, 6.45) is 0. The third-order valence-corrected chi connectivity index (χ3v) is 4.45. The van der Waals surface area contributed by atoms with Crippen molar-refractivity contribution in [2.75, 3.05) is 13.1 Å². The lowest BCUT2D eigenvalue weighted by atomic mass is 10.0. The Labute approximate surface area is 146 Å². The summed E-state index contributed by atoms with van der Waals surface area (Å²) >= 11 is 0. The first-order chi connectivity index (χ1) is 12.1. The van der Waals surface area contributed by atoms with Crippen molar-refractivity contribution in [2.24, 2.45) is 0 Å². The Morgan fingerprint density at radius 1 is 0.920 bits per heavy atom. The molecule has 3 amide bonds. The third kappa shape index (κ3) is 3.05. The average Bonchev–Trinajstić information content (AvgIpc) is 2.88. The SMILES string of the molecule is CCN(CC)C(=O)c1ccc2c(c1)C(=O)N(Cc1ccccc1)C2=O. The van der Waals surface area contributed by atoms with Gasteiger partial charge in [-0.05, 0) is 37.6 Å². The number of carbonyl (C=O) groups excluding carboxylic acids is 3. The maximum Gasteiger partial charge on any atom is 0.261 e. The molecule has 0 saturated heterocycles. The zero-order valence-corrected chi connectivity index (χ0v) is 14.4. The lowest BCUT2D eigenvalue weighted by Gasteiger charge is -2.18. The lowest BCUT2D eigenvalue weighted by molar-refractivity contribution is 0.0642. The topological polar surface area (TPSA) is 57.7 Å². The van der Waals surface area contributed by atoms with Crippen molar-refractivity contribution in [1.29, 1.82) is 0 Å². The quantitative estimate of drug-likeness (QED) is 0.789. The van der Waals surface area contributed by atoms with Gasteiger partial charge in [-0.15, -0.1) is 0 Å². The summed E-state index contributed by atoms with van der Waals surface area (Å²) in [4.78, 5) is 40.6. The summed E-state index contributed by atoms with van der Waals surface area (Å²) in [6, 6.07) is 14.1. The zero-order chi connectivity index (χ0) is 18.0. The fourth-order valence-electron chi connectivity index (χ4n) is 3.03. The molecule has 1 aliphatic heterocycles. The zero-order valence-electron chi connectivity index (χ0n) is 14.4. The number of carbonyl (C=O) groups is 3. The minimum absolute atomic E-state index is 0.130. The second-order valence-electron chi connectivity index (χ2n) is 5.92. The van der Waals surface area contributed by atoms with Gasteiger partial charge in [0.1, 0.15) is 0 Å². The van der Waals surface area contributed by atoms with E-state index in [1.807, 2.05) is 44.2 Å². The Morgan fingerprint density at radius 2 is 1.56 bits per heavy atom. The molecule has 128 valence electrons. The highest BCUT2D eigenvalue weighted by molar-refractivity contribution is 6.22. The Balaban J connectivity index is 1.89. The highest BCUT2D eigenvalue weighted by Crippen LogP contribution is 2.26. The van der Waals surface area contributed by atoms with Crippen molar-refractivity contribution in [3.8, 4) is 0 Å². The molecule has 25 heavy (non-hydrogen) atoms. The molecule has 0 radical (unpaired) electrons. The summed E-state index contributed by atoms with van der Waals surface area (Å²) in [5.74, 6) is -0.793. The summed E-state index contributed by atoms with van der Waals surface area (Å²) in [7, 11) is 0. The molecule has 0 aromatic heterocycles. The Morgan fingerprint density at radius 3 is 2.20 bits per heavy atom. The van der Waals surface area contributed by atoms with Crippen LogP contribution >= 0.6 is 0 Å². The summed E-state index contributed by atoms with van der Waals surface area (Å²) in [6.45, 7) is 5.24. The highest BCUT2D eigenvalue weighted by Gasteiger charge is 2.36. The predicted octanol–water partition coefficient (Wildman–Crippen LogP) is 2.96. The normalized spacial score (nSPS) is 13.1. The Hall–Kier alpha value is -2.95. The van der Waals surface area contributed by atoms with Gasteiger partial charge in [0.2, 0.25) is 0 Å². The molecular formula is C20H20N2O3. The molecule has 0 saturated carbocycles. The molecule has 0 atom stereocenters. The molecule has 0 fully saturated rings. The molecule has 5 heteroatoms. The number of rotatable bonds is 5. The van der Waals surface area contributed by atoms with Crippen LogP contribution in [0.25, 0.3) is 0 Å². The molecule has 0 N–H and O–H groups in total. The minimum atomic E-state index is -0.349. The maximum atomic E-state index is 12.7. The molecular weight excluding hydrogens is 316 g/mol. The summed E-state index contributed by atoms with van der Waals surface area (Å²) in [5, 5.41) is 0. The van der Waals surface area contributed by atoms with E-state index in [0.29, 0.717) is 29.8 Å².